The molecular formula is C17H17NO4S. The van der Waals surface area contributed by atoms with E-state index in [2.05, 4.69) is 5.32 Å². The van der Waals surface area contributed by atoms with E-state index in [1.54, 1.807) is 24.5 Å². The molecule has 0 bridgehead atoms. The zero-order valence-electron chi connectivity index (χ0n) is 12.7. The predicted molar refractivity (Wildman–Crippen MR) is 88.7 cm³/mol. The van der Waals surface area contributed by atoms with Crippen LogP contribution in [0.2, 0.25) is 0 Å². The third kappa shape index (κ3) is 3.91. The highest BCUT2D eigenvalue weighted by molar-refractivity contribution is 7.07. The van der Waals surface area contributed by atoms with Gasteiger partial charge in [-0.1, -0.05) is 6.07 Å². The molecule has 0 radical (unpaired) electrons. The van der Waals surface area contributed by atoms with Gasteiger partial charge in [0.2, 0.25) is 12.7 Å². The number of amides is 1. The maximum absolute atomic E-state index is 11.9. The number of carbonyl (C=O) groups excluding carboxylic acids is 1. The van der Waals surface area contributed by atoms with E-state index < -0.39 is 0 Å². The maximum Gasteiger partial charge on any atom is 0.244 e. The van der Waals surface area contributed by atoms with Gasteiger partial charge in [0.25, 0.3) is 0 Å². The van der Waals surface area contributed by atoms with Gasteiger partial charge in [0.15, 0.2) is 11.5 Å². The first-order valence-electron chi connectivity index (χ1n) is 7.16. The number of benzene rings is 1. The van der Waals surface area contributed by atoms with Crippen LogP contribution in [0.5, 0.6) is 11.5 Å². The van der Waals surface area contributed by atoms with Crippen molar-refractivity contribution in [1.29, 1.82) is 0 Å². The van der Waals surface area contributed by atoms with Gasteiger partial charge in [-0.15, -0.1) is 0 Å². The molecule has 0 saturated heterocycles. The van der Waals surface area contributed by atoms with E-state index in [-0.39, 0.29) is 18.8 Å². The Morgan fingerprint density at radius 2 is 2.26 bits per heavy atom. The highest BCUT2D eigenvalue weighted by Crippen LogP contribution is 2.32. The van der Waals surface area contributed by atoms with Crippen LogP contribution in [0.4, 0.5) is 0 Å². The van der Waals surface area contributed by atoms with Gasteiger partial charge in [-0.25, -0.2) is 0 Å². The van der Waals surface area contributed by atoms with Crippen molar-refractivity contribution in [2.75, 3.05) is 20.4 Å². The van der Waals surface area contributed by atoms with E-state index in [4.69, 9.17) is 14.2 Å². The van der Waals surface area contributed by atoms with Crippen LogP contribution in [0.1, 0.15) is 17.2 Å². The van der Waals surface area contributed by atoms with Crippen LogP contribution in [-0.2, 0) is 9.53 Å². The van der Waals surface area contributed by atoms with Crippen LogP contribution in [0, 0.1) is 0 Å². The Bertz CT molecular complexity index is 697. The molecule has 1 aliphatic heterocycles. The molecule has 1 aromatic heterocycles. The summed E-state index contributed by atoms with van der Waals surface area (Å²) >= 11 is 1.61. The van der Waals surface area contributed by atoms with E-state index in [9.17, 15) is 4.79 Å². The highest BCUT2D eigenvalue weighted by atomic mass is 32.1. The zero-order chi connectivity index (χ0) is 16.1. The fourth-order valence-corrected chi connectivity index (χ4v) is 2.94. The van der Waals surface area contributed by atoms with Crippen LogP contribution >= 0.6 is 11.3 Å². The van der Waals surface area contributed by atoms with Gasteiger partial charge in [-0.05, 0) is 46.2 Å². The van der Waals surface area contributed by atoms with Crippen molar-refractivity contribution in [2.24, 2.45) is 0 Å². The molecule has 23 heavy (non-hydrogen) atoms. The molecule has 6 heteroatoms. The average Bonchev–Trinajstić information content (AvgIpc) is 3.24. The zero-order valence-corrected chi connectivity index (χ0v) is 13.5. The number of hydrogen-bond donors (Lipinski definition) is 1. The van der Waals surface area contributed by atoms with Crippen LogP contribution in [0.15, 0.2) is 41.1 Å². The monoisotopic (exact) mass is 331 g/mol. The lowest BCUT2D eigenvalue weighted by Gasteiger charge is -2.14. The third-order valence-electron chi connectivity index (χ3n) is 3.48. The lowest BCUT2D eigenvalue weighted by molar-refractivity contribution is -0.117. The lowest BCUT2D eigenvalue weighted by Crippen LogP contribution is -2.27. The standard InChI is InChI=1S/C17H17NO4S/c1-20-16(13-6-7-23-10-13)9-18-17(19)5-3-12-2-4-14-15(8-12)22-11-21-14/h2-8,10,16H,9,11H2,1H3,(H,18,19)/b5-3+. The second kappa shape index (κ2) is 7.30. The fraction of sp³-hybridized carbons (Fsp3) is 0.235. The summed E-state index contributed by atoms with van der Waals surface area (Å²) in [6.45, 7) is 0.668. The maximum atomic E-state index is 11.9. The Labute approximate surface area is 138 Å². The second-order valence-corrected chi connectivity index (χ2v) is 5.75. The molecule has 3 rings (SSSR count). The molecule has 0 saturated carbocycles. The minimum Gasteiger partial charge on any atom is -0.454 e. The van der Waals surface area contributed by atoms with Gasteiger partial charge < -0.3 is 19.5 Å². The van der Waals surface area contributed by atoms with E-state index in [1.807, 2.05) is 35.0 Å². The molecule has 0 aliphatic carbocycles. The molecule has 2 aromatic rings. The van der Waals surface area contributed by atoms with Crippen molar-refractivity contribution in [3.05, 3.63) is 52.2 Å². The van der Waals surface area contributed by atoms with E-state index in [0.717, 1.165) is 16.9 Å². The lowest BCUT2D eigenvalue weighted by atomic mass is 10.2. The first-order valence-corrected chi connectivity index (χ1v) is 8.11. The number of nitrogens with one attached hydrogen (secondary N) is 1. The Morgan fingerprint density at radius 1 is 1.39 bits per heavy atom. The molecule has 2 heterocycles. The summed E-state index contributed by atoms with van der Waals surface area (Å²) in [6.07, 6.45) is 3.10. The molecule has 1 aliphatic rings. The fourth-order valence-electron chi connectivity index (χ4n) is 2.24. The normalized spacial score (nSPS) is 14.1. The van der Waals surface area contributed by atoms with E-state index in [0.29, 0.717) is 12.3 Å². The van der Waals surface area contributed by atoms with E-state index >= 15 is 0 Å². The summed E-state index contributed by atoms with van der Waals surface area (Å²) in [5.74, 6) is 1.26. The average molecular weight is 331 g/mol. The first kappa shape index (κ1) is 15.6. The molecule has 120 valence electrons. The number of rotatable bonds is 6. The van der Waals surface area contributed by atoms with Gasteiger partial charge in [-0.3, -0.25) is 4.79 Å². The summed E-state index contributed by atoms with van der Waals surface area (Å²) in [4.78, 5) is 11.9. The van der Waals surface area contributed by atoms with Gasteiger partial charge in [0, 0.05) is 19.7 Å². The van der Waals surface area contributed by atoms with Crippen molar-refractivity contribution >= 4 is 23.3 Å². The van der Waals surface area contributed by atoms with Crippen molar-refractivity contribution in [1.82, 2.24) is 5.32 Å². The number of carbonyl (C=O) groups is 1. The van der Waals surface area contributed by atoms with Crippen molar-refractivity contribution in [2.45, 2.75) is 6.10 Å². The molecule has 1 unspecified atom stereocenters. The van der Waals surface area contributed by atoms with E-state index in [1.165, 1.54) is 6.08 Å². The highest BCUT2D eigenvalue weighted by Gasteiger charge is 2.13. The molecule has 0 fully saturated rings. The Balaban J connectivity index is 1.54. The summed E-state index contributed by atoms with van der Waals surface area (Å²) < 4.78 is 16.0. The molecule has 1 aromatic carbocycles. The van der Waals surface area contributed by atoms with Crippen LogP contribution in [0.3, 0.4) is 0 Å². The number of fused-ring (bicyclic) bond motifs is 1. The van der Waals surface area contributed by atoms with Gasteiger partial charge in [0.05, 0.1) is 0 Å². The Hall–Kier alpha value is -2.31. The van der Waals surface area contributed by atoms with Crippen LogP contribution < -0.4 is 14.8 Å². The quantitative estimate of drug-likeness (QED) is 0.827. The van der Waals surface area contributed by atoms with Crippen molar-refractivity contribution < 1.29 is 19.0 Å². The van der Waals surface area contributed by atoms with Crippen molar-refractivity contribution in [3.8, 4) is 11.5 Å². The number of methoxy groups -OCH3 is 1. The molecule has 1 N–H and O–H groups in total. The van der Waals surface area contributed by atoms with Gasteiger partial charge in [-0.2, -0.15) is 11.3 Å². The molecule has 1 amide bonds. The summed E-state index contributed by atoms with van der Waals surface area (Å²) in [6, 6.07) is 7.54. The largest absolute Gasteiger partial charge is 0.454 e. The Kier molecular flexibility index (Phi) is 4.95. The topological polar surface area (TPSA) is 56.8 Å². The van der Waals surface area contributed by atoms with Gasteiger partial charge >= 0.3 is 0 Å². The SMILES string of the molecule is COC(CNC(=O)/C=C/c1ccc2c(c1)OCO2)c1ccsc1. The molecule has 1 atom stereocenters. The molecule has 5 nitrogen and oxygen atoms in total. The third-order valence-corrected chi connectivity index (χ3v) is 4.19. The minimum absolute atomic E-state index is 0.135. The summed E-state index contributed by atoms with van der Waals surface area (Å²) in [5.41, 5.74) is 1.95. The summed E-state index contributed by atoms with van der Waals surface area (Å²) in [7, 11) is 1.64. The number of ether oxygens (including phenoxy) is 3. The molecular weight excluding hydrogens is 314 g/mol. The second-order valence-electron chi connectivity index (χ2n) is 4.97. The Morgan fingerprint density at radius 3 is 3.04 bits per heavy atom. The number of thiophene rings is 1. The predicted octanol–water partition coefficient (Wildman–Crippen LogP) is 2.99. The summed E-state index contributed by atoms with van der Waals surface area (Å²) in [5, 5.41) is 6.85. The molecule has 0 spiro atoms. The van der Waals surface area contributed by atoms with Crippen LogP contribution in [-0.4, -0.2) is 26.4 Å². The van der Waals surface area contributed by atoms with Crippen LogP contribution in [0.25, 0.3) is 6.08 Å². The number of hydrogen-bond acceptors (Lipinski definition) is 5. The minimum atomic E-state index is -0.167. The van der Waals surface area contributed by atoms with Crippen molar-refractivity contribution in [3.63, 3.8) is 0 Å². The van der Waals surface area contributed by atoms with Gasteiger partial charge in [0.1, 0.15) is 6.10 Å². The first-order chi connectivity index (χ1) is 11.3. The smallest absolute Gasteiger partial charge is 0.244 e.